The van der Waals surface area contributed by atoms with Gasteiger partial charge in [-0.1, -0.05) is 29.4 Å². The summed E-state index contributed by atoms with van der Waals surface area (Å²) < 4.78 is 16.4. The molecule has 1 saturated heterocycles. The lowest BCUT2D eigenvalue weighted by molar-refractivity contribution is -0.0318. The summed E-state index contributed by atoms with van der Waals surface area (Å²) in [6, 6.07) is 7.85. The molecule has 1 aromatic carbocycles. The normalized spacial score (nSPS) is 15.3. The van der Waals surface area contributed by atoms with Crippen LogP contribution in [0.15, 0.2) is 28.8 Å². The van der Waals surface area contributed by atoms with Crippen molar-refractivity contribution in [1.29, 1.82) is 0 Å². The van der Waals surface area contributed by atoms with E-state index in [1.54, 1.807) is 0 Å². The Morgan fingerprint density at radius 2 is 1.91 bits per heavy atom. The third-order valence-corrected chi connectivity index (χ3v) is 3.75. The van der Waals surface area contributed by atoms with Gasteiger partial charge in [0.05, 0.1) is 19.1 Å². The number of ether oxygens (including phenoxy) is 2. The van der Waals surface area contributed by atoms with E-state index in [-0.39, 0.29) is 12.4 Å². The Bertz CT molecular complexity index is 583. The minimum atomic E-state index is 0. The molecular weight excluding hydrogens is 318 g/mol. The van der Waals surface area contributed by atoms with Gasteiger partial charge in [-0.2, -0.15) is 4.98 Å². The Kier molecular flexibility index (Phi) is 6.98. The zero-order chi connectivity index (χ0) is 15.2. The van der Waals surface area contributed by atoms with Gasteiger partial charge in [-0.25, -0.2) is 0 Å². The van der Waals surface area contributed by atoms with Gasteiger partial charge in [-0.05, 0) is 18.4 Å². The summed E-state index contributed by atoms with van der Waals surface area (Å²) in [6.45, 7) is 2.70. The van der Waals surface area contributed by atoms with Crippen LogP contribution >= 0.6 is 12.4 Å². The molecule has 2 heterocycles. The molecule has 7 heteroatoms. The van der Waals surface area contributed by atoms with Crippen molar-refractivity contribution in [2.75, 3.05) is 19.8 Å². The van der Waals surface area contributed by atoms with Crippen molar-refractivity contribution in [3.8, 4) is 11.4 Å². The predicted octanol–water partition coefficient (Wildman–Crippen LogP) is 2.36. The largest absolute Gasteiger partial charge is 0.381 e. The summed E-state index contributed by atoms with van der Waals surface area (Å²) in [5, 5.41) is 4.01. The van der Waals surface area contributed by atoms with Crippen molar-refractivity contribution in [3.63, 3.8) is 0 Å². The molecule has 2 N–H and O–H groups in total. The number of hydrogen-bond acceptors (Lipinski definition) is 6. The molecule has 1 aliphatic heterocycles. The molecule has 0 spiro atoms. The van der Waals surface area contributed by atoms with E-state index in [1.807, 2.05) is 24.3 Å². The molecule has 1 aliphatic rings. The summed E-state index contributed by atoms with van der Waals surface area (Å²) in [5.41, 5.74) is 7.60. The van der Waals surface area contributed by atoms with Crippen LogP contribution in [0.2, 0.25) is 0 Å². The van der Waals surface area contributed by atoms with Crippen molar-refractivity contribution < 1.29 is 14.0 Å². The van der Waals surface area contributed by atoms with Crippen LogP contribution in [0.5, 0.6) is 0 Å². The molecule has 0 bridgehead atoms. The zero-order valence-electron chi connectivity index (χ0n) is 12.9. The van der Waals surface area contributed by atoms with Crippen molar-refractivity contribution in [1.82, 2.24) is 10.1 Å². The van der Waals surface area contributed by atoms with Crippen LogP contribution in [0.4, 0.5) is 0 Å². The van der Waals surface area contributed by atoms with Gasteiger partial charge in [0, 0.05) is 25.3 Å². The minimum Gasteiger partial charge on any atom is -0.381 e. The summed E-state index contributed by atoms with van der Waals surface area (Å²) in [7, 11) is 0. The zero-order valence-corrected chi connectivity index (χ0v) is 13.8. The SMILES string of the molecule is Cl.NCc1ccc(-c2noc(CCOC3CCOCC3)n2)cc1. The first-order chi connectivity index (χ1) is 10.8. The van der Waals surface area contributed by atoms with Gasteiger partial charge < -0.3 is 19.7 Å². The highest BCUT2D eigenvalue weighted by Gasteiger charge is 2.15. The second-order valence-corrected chi connectivity index (χ2v) is 5.35. The second-order valence-electron chi connectivity index (χ2n) is 5.35. The van der Waals surface area contributed by atoms with Crippen LogP contribution in [0, 0.1) is 0 Å². The molecule has 2 aromatic rings. The molecule has 1 fully saturated rings. The van der Waals surface area contributed by atoms with Crippen LogP contribution in [0.25, 0.3) is 11.4 Å². The number of rotatable bonds is 6. The number of nitrogens with zero attached hydrogens (tertiary/aromatic N) is 2. The maximum absolute atomic E-state index is 5.81. The van der Waals surface area contributed by atoms with Gasteiger partial charge in [-0.15, -0.1) is 12.4 Å². The van der Waals surface area contributed by atoms with E-state index in [4.69, 9.17) is 19.7 Å². The fraction of sp³-hybridized carbons (Fsp3) is 0.500. The lowest BCUT2D eigenvalue weighted by Gasteiger charge is -2.21. The highest BCUT2D eigenvalue weighted by Crippen LogP contribution is 2.17. The average molecular weight is 340 g/mol. The molecule has 0 atom stereocenters. The Hall–Kier alpha value is -1.47. The Morgan fingerprint density at radius 3 is 2.61 bits per heavy atom. The summed E-state index contributed by atoms with van der Waals surface area (Å²) in [4.78, 5) is 4.40. The van der Waals surface area contributed by atoms with E-state index < -0.39 is 0 Å². The number of hydrogen-bond donors (Lipinski definition) is 1. The van der Waals surface area contributed by atoms with Crippen LogP contribution in [-0.2, 0) is 22.4 Å². The van der Waals surface area contributed by atoms with Gasteiger partial charge in [0.1, 0.15) is 0 Å². The van der Waals surface area contributed by atoms with E-state index in [1.165, 1.54) is 0 Å². The Labute approximate surface area is 141 Å². The first-order valence-electron chi connectivity index (χ1n) is 7.66. The molecule has 0 radical (unpaired) electrons. The third-order valence-electron chi connectivity index (χ3n) is 3.75. The molecule has 3 rings (SSSR count). The molecule has 23 heavy (non-hydrogen) atoms. The van der Waals surface area contributed by atoms with E-state index >= 15 is 0 Å². The maximum Gasteiger partial charge on any atom is 0.229 e. The predicted molar refractivity (Wildman–Crippen MR) is 88.4 cm³/mol. The highest BCUT2D eigenvalue weighted by molar-refractivity contribution is 5.85. The van der Waals surface area contributed by atoms with Crippen LogP contribution < -0.4 is 5.73 Å². The summed E-state index contributed by atoms with van der Waals surface area (Å²) >= 11 is 0. The van der Waals surface area contributed by atoms with Crippen molar-refractivity contribution >= 4 is 12.4 Å². The number of benzene rings is 1. The monoisotopic (exact) mass is 339 g/mol. The van der Waals surface area contributed by atoms with Gasteiger partial charge in [0.2, 0.25) is 11.7 Å². The van der Waals surface area contributed by atoms with Crippen LogP contribution in [0.1, 0.15) is 24.3 Å². The van der Waals surface area contributed by atoms with Crippen LogP contribution in [0.3, 0.4) is 0 Å². The lowest BCUT2D eigenvalue weighted by Crippen LogP contribution is -2.24. The number of nitrogens with two attached hydrogens (primary N) is 1. The van der Waals surface area contributed by atoms with Crippen LogP contribution in [-0.4, -0.2) is 36.1 Å². The molecular formula is C16H22ClN3O3. The average Bonchev–Trinajstić information content (AvgIpc) is 3.05. The maximum atomic E-state index is 5.81. The Morgan fingerprint density at radius 1 is 1.17 bits per heavy atom. The summed E-state index contributed by atoms with van der Waals surface area (Å²) in [5.74, 6) is 1.20. The van der Waals surface area contributed by atoms with Gasteiger partial charge in [0.15, 0.2) is 0 Å². The number of aromatic nitrogens is 2. The lowest BCUT2D eigenvalue weighted by atomic mass is 10.1. The molecule has 1 aromatic heterocycles. The van der Waals surface area contributed by atoms with E-state index in [9.17, 15) is 0 Å². The molecule has 6 nitrogen and oxygen atoms in total. The molecule has 0 unspecified atom stereocenters. The van der Waals surface area contributed by atoms with Crippen molar-refractivity contribution in [2.24, 2.45) is 5.73 Å². The molecule has 126 valence electrons. The highest BCUT2D eigenvalue weighted by atomic mass is 35.5. The fourth-order valence-corrected chi connectivity index (χ4v) is 2.42. The Balaban J connectivity index is 0.00000192. The smallest absolute Gasteiger partial charge is 0.229 e. The third kappa shape index (κ3) is 5.00. The standard InChI is InChI=1S/C16H21N3O3.ClH/c17-11-12-1-3-13(4-2-12)16-18-15(22-19-16)7-10-21-14-5-8-20-9-6-14;/h1-4,14H,5-11,17H2;1H. The fourth-order valence-electron chi connectivity index (χ4n) is 2.42. The van der Waals surface area contributed by atoms with E-state index in [2.05, 4.69) is 10.1 Å². The molecule has 0 amide bonds. The van der Waals surface area contributed by atoms with E-state index in [0.29, 0.717) is 37.4 Å². The quantitative estimate of drug-likeness (QED) is 0.869. The van der Waals surface area contributed by atoms with Gasteiger partial charge in [0.25, 0.3) is 0 Å². The second kappa shape index (κ2) is 8.98. The van der Waals surface area contributed by atoms with Crippen molar-refractivity contribution in [2.45, 2.75) is 31.9 Å². The minimum absolute atomic E-state index is 0. The molecule has 0 saturated carbocycles. The number of halogens is 1. The summed E-state index contributed by atoms with van der Waals surface area (Å²) in [6.07, 6.45) is 2.84. The first-order valence-corrected chi connectivity index (χ1v) is 7.66. The van der Waals surface area contributed by atoms with Crippen molar-refractivity contribution in [3.05, 3.63) is 35.7 Å². The topological polar surface area (TPSA) is 83.4 Å². The first kappa shape index (κ1) is 17.9. The molecule has 0 aliphatic carbocycles. The van der Waals surface area contributed by atoms with Gasteiger partial charge in [-0.3, -0.25) is 0 Å². The van der Waals surface area contributed by atoms with E-state index in [0.717, 1.165) is 37.2 Å². The van der Waals surface area contributed by atoms with Gasteiger partial charge >= 0.3 is 0 Å².